The van der Waals surface area contributed by atoms with Crippen LogP contribution < -0.4 is 0 Å². The molecule has 2 heterocycles. The van der Waals surface area contributed by atoms with Crippen LogP contribution in [0.25, 0.3) is 0 Å². The molecular weight excluding hydrogens is 196 g/mol. The number of nitrogens with zero attached hydrogens (tertiary/aromatic N) is 3. The Morgan fingerprint density at radius 2 is 2.47 bits per heavy atom. The van der Waals surface area contributed by atoms with Gasteiger partial charge in [-0.15, -0.1) is 0 Å². The molecule has 2 rings (SSSR count). The summed E-state index contributed by atoms with van der Waals surface area (Å²) in [5, 5.41) is 6.23. The SMILES string of the molecule is CC1(C)CN(C(=O)c2ncn[nH]2)CCO1. The van der Waals surface area contributed by atoms with Crippen LogP contribution in [0.5, 0.6) is 0 Å². The number of hydrogen-bond acceptors (Lipinski definition) is 4. The zero-order chi connectivity index (χ0) is 10.9. The molecule has 6 nitrogen and oxygen atoms in total. The van der Waals surface area contributed by atoms with Crippen LogP contribution in [0.1, 0.15) is 24.5 Å². The van der Waals surface area contributed by atoms with Gasteiger partial charge in [-0.3, -0.25) is 9.89 Å². The average molecular weight is 210 g/mol. The normalized spacial score (nSPS) is 20.3. The standard InChI is InChI=1S/C9H14N4O2/c1-9(2)5-13(3-4-15-9)8(14)7-10-6-11-12-7/h6H,3-5H2,1-2H3,(H,10,11,12). The maximum atomic E-state index is 11.9. The predicted molar refractivity (Wildman–Crippen MR) is 52.3 cm³/mol. The summed E-state index contributed by atoms with van der Waals surface area (Å²) >= 11 is 0. The molecule has 0 spiro atoms. The van der Waals surface area contributed by atoms with E-state index in [0.29, 0.717) is 19.7 Å². The van der Waals surface area contributed by atoms with E-state index < -0.39 is 0 Å². The molecule has 1 saturated heterocycles. The van der Waals surface area contributed by atoms with Crippen LogP contribution in [0.2, 0.25) is 0 Å². The van der Waals surface area contributed by atoms with E-state index in [9.17, 15) is 4.79 Å². The second-order valence-electron chi connectivity index (χ2n) is 4.17. The first-order chi connectivity index (χ1) is 7.08. The molecule has 6 heteroatoms. The lowest BCUT2D eigenvalue weighted by Crippen LogP contribution is -2.50. The summed E-state index contributed by atoms with van der Waals surface area (Å²) in [6.07, 6.45) is 1.33. The average Bonchev–Trinajstić information content (AvgIpc) is 2.67. The van der Waals surface area contributed by atoms with E-state index in [1.807, 2.05) is 13.8 Å². The van der Waals surface area contributed by atoms with Crippen molar-refractivity contribution in [2.45, 2.75) is 19.4 Å². The minimum Gasteiger partial charge on any atom is -0.372 e. The minimum atomic E-state index is -0.284. The minimum absolute atomic E-state index is 0.121. The first-order valence-electron chi connectivity index (χ1n) is 4.87. The second-order valence-corrected chi connectivity index (χ2v) is 4.17. The molecule has 15 heavy (non-hydrogen) atoms. The van der Waals surface area contributed by atoms with E-state index in [-0.39, 0.29) is 17.3 Å². The number of aromatic nitrogens is 3. The van der Waals surface area contributed by atoms with Crippen LogP contribution in [0.3, 0.4) is 0 Å². The van der Waals surface area contributed by atoms with Crippen molar-refractivity contribution in [3.05, 3.63) is 12.2 Å². The van der Waals surface area contributed by atoms with Gasteiger partial charge in [0.15, 0.2) is 0 Å². The van der Waals surface area contributed by atoms with Crippen molar-refractivity contribution in [2.24, 2.45) is 0 Å². The molecule has 1 fully saturated rings. The Balaban J connectivity index is 2.08. The lowest BCUT2D eigenvalue weighted by molar-refractivity contribution is -0.0766. The molecule has 82 valence electrons. The van der Waals surface area contributed by atoms with Crippen molar-refractivity contribution < 1.29 is 9.53 Å². The van der Waals surface area contributed by atoms with Crippen molar-refractivity contribution in [2.75, 3.05) is 19.7 Å². The van der Waals surface area contributed by atoms with Gasteiger partial charge in [-0.1, -0.05) is 0 Å². The molecule has 0 unspecified atom stereocenters. The Bertz CT molecular complexity index is 347. The molecule has 1 amide bonds. The lowest BCUT2D eigenvalue weighted by atomic mass is 10.1. The van der Waals surface area contributed by atoms with Gasteiger partial charge >= 0.3 is 0 Å². The Labute approximate surface area is 87.6 Å². The zero-order valence-corrected chi connectivity index (χ0v) is 8.86. The highest BCUT2D eigenvalue weighted by molar-refractivity contribution is 5.90. The quantitative estimate of drug-likeness (QED) is 0.711. The molecule has 1 N–H and O–H groups in total. The zero-order valence-electron chi connectivity index (χ0n) is 8.86. The molecule has 1 aromatic rings. The number of morpholine rings is 1. The third kappa shape index (κ3) is 2.15. The molecule has 0 aromatic carbocycles. The Morgan fingerprint density at radius 3 is 3.07 bits per heavy atom. The molecule has 1 aliphatic rings. The Kier molecular flexibility index (Phi) is 2.44. The largest absolute Gasteiger partial charge is 0.372 e. The number of amides is 1. The molecular formula is C9H14N4O2. The fourth-order valence-corrected chi connectivity index (χ4v) is 1.65. The Morgan fingerprint density at radius 1 is 1.67 bits per heavy atom. The van der Waals surface area contributed by atoms with Crippen molar-refractivity contribution >= 4 is 5.91 Å². The summed E-state index contributed by atoms with van der Waals surface area (Å²) in [5.41, 5.74) is -0.284. The van der Waals surface area contributed by atoms with Crippen LogP contribution in [-0.4, -0.2) is 51.3 Å². The summed E-state index contributed by atoms with van der Waals surface area (Å²) in [7, 11) is 0. The van der Waals surface area contributed by atoms with E-state index in [4.69, 9.17) is 4.74 Å². The van der Waals surface area contributed by atoms with Gasteiger partial charge in [0.1, 0.15) is 6.33 Å². The summed E-state index contributed by atoms with van der Waals surface area (Å²) in [6, 6.07) is 0. The number of aromatic amines is 1. The first-order valence-corrected chi connectivity index (χ1v) is 4.87. The van der Waals surface area contributed by atoms with Gasteiger partial charge in [0.25, 0.3) is 5.91 Å². The van der Waals surface area contributed by atoms with Crippen molar-refractivity contribution in [1.82, 2.24) is 20.1 Å². The molecule has 0 saturated carbocycles. The summed E-state index contributed by atoms with van der Waals surface area (Å²) in [4.78, 5) is 17.5. The topological polar surface area (TPSA) is 71.1 Å². The predicted octanol–water partition coefficient (Wildman–Crippen LogP) is 0.0557. The number of rotatable bonds is 1. The van der Waals surface area contributed by atoms with Gasteiger partial charge in [-0.25, -0.2) is 4.98 Å². The van der Waals surface area contributed by atoms with Gasteiger partial charge in [-0.2, -0.15) is 5.10 Å². The monoisotopic (exact) mass is 210 g/mol. The van der Waals surface area contributed by atoms with Crippen LogP contribution >= 0.6 is 0 Å². The maximum absolute atomic E-state index is 11.9. The number of carbonyl (C=O) groups is 1. The van der Waals surface area contributed by atoms with Crippen LogP contribution in [0.4, 0.5) is 0 Å². The summed E-state index contributed by atoms with van der Waals surface area (Å²) < 4.78 is 5.52. The van der Waals surface area contributed by atoms with Gasteiger partial charge in [0, 0.05) is 13.1 Å². The number of ether oxygens (including phenoxy) is 1. The Hall–Kier alpha value is -1.43. The first kappa shape index (κ1) is 10.1. The number of carbonyl (C=O) groups excluding carboxylic acids is 1. The smallest absolute Gasteiger partial charge is 0.291 e. The van der Waals surface area contributed by atoms with Crippen LogP contribution in [-0.2, 0) is 4.74 Å². The van der Waals surface area contributed by atoms with E-state index in [1.54, 1.807) is 4.90 Å². The van der Waals surface area contributed by atoms with Crippen molar-refractivity contribution in [1.29, 1.82) is 0 Å². The fourth-order valence-electron chi connectivity index (χ4n) is 1.65. The van der Waals surface area contributed by atoms with Crippen LogP contribution in [0, 0.1) is 0 Å². The number of hydrogen-bond donors (Lipinski definition) is 1. The maximum Gasteiger partial charge on any atom is 0.291 e. The lowest BCUT2D eigenvalue weighted by Gasteiger charge is -2.37. The van der Waals surface area contributed by atoms with E-state index >= 15 is 0 Å². The van der Waals surface area contributed by atoms with Crippen LogP contribution in [0.15, 0.2) is 6.33 Å². The highest BCUT2D eigenvalue weighted by atomic mass is 16.5. The molecule has 0 radical (unpaired) electrons. The van der Waals surface area contributed by atoms with E-state index in [2.05, 4.69) is 15.2 Å². The molecule has 1 aromatic heterocycles. The van der Waals surface area contributed by atoms with Gasteiger partial charge in [-0.05, 0) is 13.8 Å². The fraction of sp³-hybridized carbons (Fsp3) is 0.667. The molecule has 0 aliphatic carbocycles. The molecule has 0 bridgehead atoms. The van der Waals surface area contributed by atoms with E-state index in [0.717, 1.165) is 0 Å². The highest BCUT2D eigenvalue weighted by Gasteiger charge is 2.31. The molecule has 1 aliphatic heterocycles. The second kappa shape index (κ2) is 3.62. The summed E-state index contributed by atoms with van der Waals surface area (Å²) in [5.74, 6) is 0.163. The number of H-pyrrole nitrogens is 1. The third-order valence-corrected chi connectivity index (χ3v) is 2.33. The van der Waals surface area contributed by atoms with Gasteiger partial charge < -0.3 is 9.64 Å². The number of nitrogens with one attached hydrogen (secondary N) is 1. The van der Waals surface area contributed by atoms with E-state index in [1.165, 1.54) is 6.33 Å². The van der Waals surface area contributed by atoms with Gasteiger partial charge in [0.2, 0.25) is 5.82 Å². The summed E-state index contributed by atoms with van der Waals surface area (Å²) in [6.45, 7) is 5.67. The van der Waals surface area contributed by atoms with Crippen molar-refractivity contribution in [3.63, 3.8) is 0 Å². The third-order valence-electron chi connectivity index (χ3n) is 2.33. The van der Waals surface area contributed by atoms with Gasteiger partial charge in [0.05, 0.1) is 12.2 Å². The molecule has 0 atom stereocenters. The highest BCUT2D eigenvalue weighted by Crippen LogP contribution is 2.17. The van der Waals surface area contributed by atoms with Crippen molar-refractivity contribution in [3.8, 4) is 0 Å².